The fourth-order valence-electron chi connectivity index (χ4n) is 3.09. The topological polar surface area (TPSA) is 62.8 Å². The SMILES string of the molecule is Cc1cc(C)cc(NC(=O)Nc2ccc(OCCN3CCOCC3)cc2)c1. The van der Waals surface area contributed by atoms with Crippen LogP contribution in [-0.4, -0.2) is 50.4 Å². The second-order valence-electron chi connectivity index (χ2n) is 6.78. The van der Waals surface area contributed by atoms with Crippen LogP contribution in [-0.2, 0) is 4.74 Å². The highest BCUT2D eigenvalue weighted by Gasteiger charge is 2.10. The van der Waals surface area contributed by atoms with Crippen LogP contribution in [0.5, 0.6) is 5.75 Å². The van der Waals surface area contributed by atoms with Crippen LogP contribution in [0.1, 0.15) is 11.1 Å². The molecule has 6 heteroatoms. The molecule has 3 rings (SSSR count). The van der Waals surface area contributed by atoms with E-state index in [1.165, 1.54) is 0 Å². The minimum Gasteiger partial charge on any atom is -0.492 e. The molecule has 1 aliphatic heterocycles. The Kier molecular flexibility index (Phi) is 6.68. The van der Waals surface area contributed by atoms with Crippen LogP contribution in [0, 0.1) is 13.8 Å². The van der Waals surface area contributed by atoms with Crippen molar-refractivity contribution < 1.29 is 14.3 Å². The summed E-state index contributed by atoms with van der Waals surface area (Å²) in [4.78, 5) is 14.5. The van der Waals surface area contributed by atoms with Gasteiger partial charge < -0.3 is 20.1 Å². The number of ether oxygens (including phenoxy) is 2. The Hall–Kier alpha value is -2.57. The van der Waals surface area contributed by atoms with E-state index in [-0.39, 0.29) is 6.03 Å². The number of aryl methyl sites for hydroxylation is 2. The molecule has 2 amide bonds. The van der Waals surface area contributed by atoms with Crippen LogP contribution >= 0.6 is 0 Å². The van der Waals surface area contributed by atoms with E-state index in [1.807, 2.05) is 50.2 Å². The average molecular weight is 369 g/mol. The van der Waals surface area contributed by atoms with Crippen molar-refractivity contribution in [1.29, 1.82) is 0 Å². The number of nitrogens with one attached hydrogen (secondary N) is 2. The molecule has 0 atom stereocenters. The molecule has 0 aliphatic carbocycles. The van der Waals surface area contributed by atoms with E-state index >= 15 is 0 Å². The van der Waals surface area contributed by atoms with Crippen molar-refractivity contribution in [3.8, 4) is 5.75 Å². The predicted molar refractivity (Wildman–Crippen MR) is 108 cm³/mol. The zero-order valence-corrected chi connectivity index (χ0v) is 16.0. The van der Waals surface area contributed by atoms with Gasteiger partial charge in [0.05, 0.1) is 13.2 Å². The lowest BCUT2D eigenvalue weighted by atomic mass is 10.1. The smallest absolute Gasteiger partial charge is 0.323 e. The monoisotopic (exact) mass is 369 g/mol. The Balaban J connectivity index is 1.44. The van der Waals surface area contributed by atoms with Crippen molar-refractivity contribution in [2.45, 2.75) is 13.8 Å². The first kappa shape index (κ1) is 19.2. The summed E-state index contributed by atoms with van der Waals surface area (Å²) in [7, 11) is 0. The Morgan fingerprint density at radius 3 is 2.30 bits per heavy atom. The van der Waals surface area contributed by atoms with Crippen LogP contribution in [0.3, 0.4) is 0 Å². The van der Waals surface area contributed by atoms with Crippen molar-refractivity contribution >= 4 is 17.4 Å². The number of benzene rings is 2. The lowest BCUT2D eigenvalue weighted by Crippen LogP contribution is -2.38. The van der Waals surface area contributed by atoms with Gasteiger partial charge in [0.1, 0.15) is 12.4 Å². The predicted octanol–water partition coefficient (Wildman–Crippen LogP) is 3.66. The standard InChI is InChI=1S/C21H27N3O3/c1-16-13-17(2)15-19(14-16)23-21(25)22-18-3-5-20(6-4-18)27-12-9-24-7-10-26-11-8-24/h3-6,13-15H,7-12H2,1-2H3,(H2,22,23,25). The van der Waals surface area contributed by atoms with Crippen LogP contribution in [0.25, 0.3) is 0 Å². The lowest BCUT2D eigenvalue weighted by Gasteiger charge is -2.26. The molecule has 144 valence electrons. The van der Waals surface area contributed by atoms with Gasteiger partial charge in [-0.15, -0.1) is 0 Å². The highest BCUT2D eigenvalue weighted by Crippen LogP contribution is 2.17. The van der Waals surface area contributed by atoms with Gasteiger partial charge in [-0.2, -0.15) is 0 Å². The van der Waals surface area contributed by atoms with Gasteiger partial charge in [-0.1, -0.05) is 6.07 Å². The Morgan fingerprint density at radius 1 is 1.00 bits per heavy atom. The highest BCUT2D eigenvalue weighted by atomic mass is 16.5. The number of anilines is 2. The van der Waals surface area contributed by atoms with E-state index < -0.39 is 0 Å². The number of carbonyl (C=O) groups excluding carboxylic acids is 1. The quantitative estimate of drug-likeness (QED) is 0.816. The van der Waals surface area contributed by atoms with Crippen molar-refractivity contribution in [2.24, 2.45) is 0 Å². The number of urea groups is 1. The van der Waals surface area contributed by atoms with E-state index in [2.05, 4.69) is 21.6 Å². The second kappa shape index (κ2) is 9.39. The van der Waals surface area contributed by atoms with Gasteiger partial charge in [-0.3, -0.25) is 4.90 Å². The first-order chi connectivity index (χ1) is 13.1. The fraction of sp³-hybridized carbons (Fsp3) is 0.381. The number of morpholine rings is 1. The third-order valence-electron chi connectivity index (χ3n) is 4.37. The van der Waals surface area contributed by atoms with E-state index in [4.69, 9.17) is 9.47 Å². The van der Waals surface area contributed by atoms with E-state index in [0.29, 0.717) is 6.61 Å². The van der Waals surface area contributed by atoms with Crippen molar-refractivity contribution in [1.82, 2.24) is 4.90 Å². The van der Waals surface area contributed by atoms with Gasteiger partial charge in [-0.05, 0) is 61.4 Å². The number of carbonyl (C=O) groups is 1. The summed E-state index contributed by atoms with van der Waals surface area (Å²) < 4.78 is 11.1. The number of hydrogen-bond acceptors (Lipinski definition) is 4. The van der Waals surface area contributed by atoms with Gasteiger partial charge in [0.25, 0.3) is 0 Å². The molecule has 27 heavy (non-hydrogen) atoms. The summed E-state index contributed by atoms with van der Waals surface area (Å²) in [5, 5.41) is 5.70. The number of rotatable bonds is 6. The molecule has 1 saturated heterocycles. The molecule has 1 aliphatic rings. The summed E-state index contributed by atoms with van der Waals surface area (Å²) in [5.41, 5.74) is 3.73. The van der Waals surface area contributed by atoms with Crippen LogP contribution in [0.4, 0.5) is 16.2 Å². The Labute approximate surface area is 160 Å². The molecular weight excluding hydrogens is 342 g/mol. The molecular formula is C21H27N3O3. The molecule has 2 aromatic carbocycles. The molecule has 1 heterocycles. The van der Waals surface area contributed by atoms with Crippen LogP contribution < -0.4 is 15.4 Å². The van der Waals surface area contributed by atoms with Gasteiger partial charge >= 0.3 is 6.03 Å². The minimum absolute atomic E-state index is 0.263. The largest absolute Gasteiger partial charge is 0.492 e. The molecule has 6 nitrogen and oxygen atoms in total. The first-order valence-corrected chi connectivity index (χ1v) is 9.28. The molecule has 0 unspecified atom stereocenters. The summed E-state index contributed by atoms with van der Waals surface area (Å²) in [6.45, 7) is 9.06. The van der Waals surface area contributed by atoms with Crippen molar-refractivity contribution in [3.63, 3.8) is 0 Å². The van der Waals surface area contributed by atoms with Crippen LogP contribution in [0.2, 0.25) is 0 Å². The summed E-state index contributed by atoms with van der Waals surface area (Å²) >= 11 is 0. The molecule has 0 bridgehead atoms. The average Bonchev–Trinajstić information content (AvgIpc) is 2.63. The molecule has 2 aromatic rings. The van der Waals surface area contributed by atoms with E-state index in [9.17, 15) is 4.79 Å². The molecule has 0 aromatic heterocycles. The Bertz CT molecular complexity index is 736. The molecule has 0 radical (unpaired) electrons. The van der Waals surface area contributed by atoms with Gasteiger partial charge in [0.15, 0.2) is 0 Å². The van der Waals surface area contributed by atoms with Crippen molar-refractivity contribution in [2.75, 3.05) is 50.1 Å². The maximum Gasteiger partial charge on any atom is 0.323 e. The van der Waals surface area contributed by atoms with Gasteiger partial charge in [-0.25, -0.2) is 4.79 Å². The maximum atomic E-state index is 12.2. The van der Waals surface area contributed by atoms with Gasteiger partial charge in [0, 0.05) is 31.0 Å². The van der Waals surface area contributed by atoms with Crippen LogP contribution in [0.15, 0.2) is 42.5 Å². The number of nitrogens with zero attached hydrogens (tertiary/aromatic N) is 1. The number of hydrogen-bond donors (Lipinski definition) is 2. The molecule has 0 saturated carbocycles. The van der Waals surface area contributed by atoms with Gasteiger partial charge in [0.2, 0.25) is 0 Å². The molecule has 0 spiro atoms. The number of amides is 2. The van der Waals surface area contributed by atoms with E-state index in [1.54, 1.807) is 0 Å². The fourth-order valence-corrected chi connectivity index (χ4v) is 3.09. The third kappa shape index (κ3) is 6.27. The third-order valence-corrected chi connectivity index (χ3v) is 4.37. The molecule has 1 fully saturated rings. The lowest BCUT2D eigenvalue weighted by molar-refractivity contribution is 0.0322. The maximum absolute atomic E-state index is 12.2. The zero-order chi connectivity index (χ0) is 19.1. The minimum atomic E-state index is -0.263. The normalized spacial score (nSPS) is 14.6. The first-order valence-electron chi connectivity index (χ1n) is 9.28. The zero-order valence-electron chi connectivity index (χ0n) is 16.0. The highest BCUT2D eigenvalue weighted by molar-refractivity contribution is 5.99. The Morgan fingerprint density at radius 2 is 1.63 bits per heavy atom. The summed E-state index contributed by atoms with van der Waals surface area (Å²) in [6.07, 6.45) is 0. The molecule has 2 N–H and O–H groups in total. The van der Waals surface area contributed by atoms with Crippen molar-refractivity contribution in [3.05, 3.63) is 53.6 Å². The summed E-state index contributed by atoms with van der Waals surface area (Å²) in [5.74, 6) is 0.795. The van der Waals surface area contributed by atoms with E-state index in [0.717, 1.165) is 61.1 Å². The summed E-state index contributed by atoms with van der Waals surface area (Å²) in [6, 6.07) is 13.1. The second-order valence-corrected chi connectivity index (χ2v) is 6.78.